The molecule has 0 aliphatic carbocycles. The summed E-state index contributed by atoms with van der Waals surface area (Å²) in [6.45, 7) is 6.01. The number of anilines is 1. The fraction of sp³-hybridized carbons (Fsp3) is 0.632. The summed E-state index contributed by atoms with van der Waals surface area (Å²) in [5.41, 5.74) is 0.986. The van der Waals surface area contributed by atoms with Crippen molar-refractivity contribution in [3.8, 4) is 0 Å². The third-order valence-corrected chi connectivity index (χ3v) is 5.85. The minimum Gasteiger partial charge on any atom is -0.359 e. The van der Waals surface area contributed by atoms with Crippen LogP contribution in [-0.4, -0.2) is 29.8 Å². The molecular formula is C19H29ClN3S+. The fourth-order valence-corrected chi connectivity index (χ4v) is 4.86. The second-order valence-corrected chi connectivity index (χ2v) is 8.62. The number of hydrogen-bond donors (Lipinski definition) is 3. The molecule has 2 bridgehead atoms. The van der Waals surface area contributed by atoms with E-state index in [9.17, 15) is 0 Å². The van der Waals surface area contributed by atoms with Gasteiger partial charge in [-0.3, -0.25) is 0 Å². The number of benzene rings is 1. The van der Waals surface area contributed by atoms with E-state index in [-0.39, 0.29) is 0 Å². The van der Waals surface area contributed by atoms with Crippen molar-refractivity contribution in [3.63, 3.8) is 0 Å². The standard InChI is InChI=1S/C19H28ClN3S/c1-13(2)12-23-17-4-3-5-18(23)11-16(10-17)22-19(24)21-15-8-6-14(20)7-9-15/h6-9,13,16-18H,3-5,10-12H2,1-2H3,(H2,21,22,24)/p+1/t16?,17-,18+. The van der Waals surface area contributed by atoms with Crippen molar-refractivity contribution in [2.24, 2.45) is 5.92 Å². The molecule has 1 aromatic rings. The number of quaternary nitrogens is 1. The lowest BCUT2D eigenvalue weighted by atomic mass is 9.81. The summed E-state index contributed by atoms with van der Waals surface area (Å²) in [5, 5.41) is 8.31. The Balaban J connectivity index is 1.55. The van der Waals surface area contributed by atoms with Crippen LogP contribution in [0.15, 0.2) is 24.3 Å². The normalized spacial score (nSPS) is 29.3. The second kappa shape index (κ2) is 8.03. The highest BCUT2D eigenvalue weighted by Gasteiger charge is 2.41. The van der Waals surface area contributed by atoms with Crippen LogP contribution < -0.4 is 15.5 Å². The Bertz CT molecular complexity index is 546. The summed E-state index contributed by atoms with van der Waals surface area (Å²) in [6, 6.07) is 9.78. The molecule has 132 valence electrons. The molecule has 0 saturated carbocycles. The highest BCUT2D eigenvalue weighted by Crippen LogP contribution is 2.23. The van der Waals surface area contributed by atoms with Gasteiger partial charge in [0, 0.05) is 35.5 Å². The molecule has 4 atom stereocenters. The molecule has 2 fully saturated rings. The molecule has 0 radical (unpaired) electrons. The van der Waals surface area contributed by atoms with Gasteiger partial charge in [-0.15, -0.1) is 0 Å². The van der Waals surface area contributed by atoms with Crippen molar-refractivity contribution in [3.05, 3.63) is 29.3 Å². The molecule has 2 unspecified atom stereocenters. The first-order chi connectivity index (χ1) is 11.5. The molecule has 3 rings (SSSR count). The largest absolute Gasteiger partial charge is 0.359 e. The van der Waals surface area contributed by atoms with Crippen molar-refractivity contribution in [1.29, 1.82) is 0 Å². The monoisotopic (exact) mass is 366 g/mol. The van der Waals surface area contributed by atoms with Crippen LogP contribution in [0.3, 0.4) is 0 Å². The second-order valence-electron chi connectivity index (χ2n) is 7.77. The van der Waals surface area contributed by atoms with E-state index in [1.54, 1.807) is 0 Å². The summed E-state index contributed by atoms with van der Waals surface area (Å²) >= 11 is 11.4. The molecule has 5 heteroatoms. The molecule has 2 heterocycles. The average molecular weight is 367 g/mol. The van der Waals surface area contributed by atoms with E-state index in [0.717, 1.165) is 33.8 Å². The van der Waals surface area contributed by atoms with Gasteiger partial charge in [-0.05, 0) is 55.7 Å². The Kier molecular flexibility index (Phi) is 6.01. The molecule has 0 aromatic heterocycles. The molecule has 2 saturated heterocycles. The summed E-state index contributed by atoms with van der Waals surface area (Å²) in [7, 11) is 0. The zero-order chi connectivity index (χ0) is 17.1. The SMILES string of the molecule is CC(C)C[NH+]1[C@@H]2CCC[C@H]1CC(NC(=S)Nc1ccc(Cl)cc1)C2. The van der Waals surface area contributed by atoms with Crippen LogP contribution >= 0.6 is 23.8 Å². The Morgan fingerprint density at radius 2 is 1.83 bits per heavy atom. The number of rotatable bonds is 4. The number of hydrogen-bond acceptors (Lipinski definition) is 1. The highest BCUT2D eigenvalue weighted by molar-refractivity contribution is 7.80. The number of thiocarbonyl (C=S) groups is 1. The summed E-state index contributed by atoms with van der Waals surface area (Å²) in [6.07, 6.45) is 6.61. The number of fused-ring (bicyclic) bond motifs is 2. The first kappa shape index (κ1) is 18.0. The van der Waals surface area contributed by atoms with Crippen molar-refractivity contribution >= 4 is 34.6 Å². The van der Waals surface area contributed by atoms with Gasteiger partial charge in [-0.1, -0.05) is 25.4 Å². The van der Waals surface area contributed by atoms with Gasteiger partial charge in [0.05, 0.1) is 18.6 Å². The first-order valence-corrected chi connectivity index (χ1v) is 9.98. The van der Waals surface area contributed by atoms with Gasteiger partial charge < -0.3 is 15.5 Å². The Hall–Kier alpha value is -0.840. The van der Waals surface area contributed by atoms with Crippen molar-refractivity contribution in [2.45, 2.75) is 64.1 Å². The van der Waals surface area contributed by atoms with E-state index in [2.05, 4.69) is 24.5 Å². The zero-order valence-electron chi connectivity index (χ0n) is 14.6. The topological polar surface area (TPSA) is 28.5 Å². The minimum atomic E-state index is 0.503. The molecule has 2 aliphatic heterocycles. The van der Waals surface area contributed by atoms with E-state index < -0.39 is 0 Å². The van der Waals surface area contributed by atoms with E-state index >= 15 is 0 Å². The van der Waals surface area contributed by atoms with Crippen LogP contribution in [0.25, 0.3) is 0 Å². The van der Waals surface area contributed by atoms with Crippen LogP contribution in [0.5, 0.6) is 0 Å². The zero-order valence-corrected chi connectivity index (χ0v) is 16.2. The van der Waals surface area contributed by atoms with Gasteiger partial charge in [0.25, 0.3) is 0 Å². The first-order valence-electron chi connectivity index (χ1n) is 9.20. The van der Waals surface area contributed by atoms with Crippen LogP contribution in [-0.2, 0) is 0 Å². The van der Waals surface area contributed by atoms with Gasteiger partial charge in [0.2, 0.25) is 0 Å². The maximum atomic E-state index is 5.93. The van der Waals surface area contributed by atoms with Gasteiger partial charge in [-0.2, -0.15) is 0 Å². The summed E-state index contributed by atoms with van der Waals surface area (Å²) in [4.78, 5) is 1.85. The Labute approximate surface area is 156 Å². The van der Waals surface area contributed by atoms with Crippen LogP contribution in [0, 0.1) is 5.92 Å². The smallest absolute Gasteiger partial charge is 0.171 e. The third kappa shape index (κ3) is 4.62. The predicted molar refractivity (Wildman–Crippen MR) is 106 cm³/mol. The molecule has 24 heavy (non-hydrogen) atoms. The van der Waals surface area contributed by atoms with E-state index in [1.807, 2.05) is 29.2 Å². The lowest BCUT2D eigenvalue weighted by Crippen LogP contribution is -3.21. The summed E-state index contributed by atoms with van der Waals surface area (Å²) < 4.78 is 0. The van der Waals surface area contributed by atoms with Crippen LogP contribution in [0.1, 0.15) is 46.0 Å². The lowest BCUT2D eigenvalue weighted by Gasteiger charge is -2.46. The molecular weight excluding hydrogens is 338 g/mol. The van der Waals surface area contributed by atoms with Crippen molar-refractivity contribution in [2.75, 3.05) is 11.9 Å². The molecule has 3 N–H and O–H groups in total. The predicted octanol–water partition coefficient (Wildman–Crippen LogP) is 3.25. The molecule has 1 aromatic carbocycles. The van der Waals surface area contributed by atoms with Gasteiger partial charge in [0.1, 0.15) is 0 Å². The van der Waals surface area contributed by atoms with Crippen molar-refractivity contribution in [1.82, 2.24) is 5.32 Å². The van der Waals surface area contributed by atoms with E-state index in [0.29, 0.717) is 6.04 Å². The van der Waals surface area contributed by atoms with Crippen LogP contribution in [0.4, 0.5) is 5.69 Å². The van der Waals surface area contributed by atoms with E-state index in [4.69, 9.17) is 23.8 Å². The minimum absolute atomic E-state index is 0.503. The maximum Gasteiger partial charge on any atom is 0.171 e. The molecule has 3 nitrogen and oxygen atoms in total. The quantitative estimate of drug-likeness (QED) is 0.714. The molecule has 2 aliphatic rings. The lowest BCUT2D eigenvalue weighted by molar-refractivity contribution is -0.963. The van der Waals surface area contributed by atoms with Crippen molar-refractivity contribution < 1.29 is 4.90 Å². The van der Waals surface area contributed by atoms with Crippen LogP contribution in [0.2, 0.25) is 5.02 Å². The van der Waals surface area contributed by atoms with Gasteiger partial charge >= 0.3 is 0 Å². The van der Waals surface area contributed by atoms with Gasteiger partial charge in [-0.25, -0.2) is 0 Å². The highest BCUT2D eigenvalue weighted by atomic mass is 35.5. The summed E-state index contributed by atoms with van der Waals surface area (Å²) in [5.74, 6) is 0.778. The number of halogens is 1. The Morgan fingerprint density at radius 3 is 2.42 bits per heavy atom. The average Bonchev–Trinajstić information content (AvgIpc) is 2.50. The number of piperidine rings is 2. The Morgan fingerprint density at radius 1 is 1.21 bits per heavy atom. The fourth-order valence-electron chi connectivity index (χ4n) is 4.44. The number of nitrogens with one attached hydrogen (secondary N) is 3. The maximum absolute atomic E-state index is 5.93. The van der Waals surface area contributed by atoms with E-state index in [1.165, 1.54) is 38.6 Å². The third-order valence-electron chi connectivity index (χ3n) is 5.37. The molecule has 0 amide bonds. The molecule has 0 spiro atoms. The van der Waals surface area contributed by atoms with Gasteiger partial charge in [0.15, 0.2) is 5.11 Å².